The van der Waals surface area contributed by atoms with Crippen LogP contribution in [-0.4, -0.2) is 30.9 Å². The maximum Gasteiger partial charge on any atom is 0.327 e. The molecule has 0 aromatic rings. The fraction of sp³-hybridized carbons (Fsp3) is 0.885. The molecule has 0 aromatic carbocycles. The molecule has 3 N–H and O–H groups in total. The van der Waals surface area contributed by atoms with Crippen LogP contribution in [0.3, 0.4) is 0 Å². The number of amides is 1. The standard InChI is InChI=1S/C26H50N2O4/c1-2-3-4-5-6-7-8-9-10-11-12-13-14-15-16-17-18-20-24(29)28-22-19-21-25(30)32-26(31)23-27/h2-23,27H2,1H3,(H,28,29). The molecule has 0 fully saturated rings. The normalized spacial score (nSPS) is 10.8. The molecule has 6 nitrogen and oxygen atoms in total. The number of ether oxygens (including phenoxy) is 1. The maximum atomic E-state index is 11.8. The first-order chi connectivity index (χ1) is 15.6. The van der Waals surface area contributed by atoms with E-state index in [1.807, 2.05) is 0 Å². The van der Waals surface area contributed by atoms with Crippen LogP contribution >= 0.6 is 0 Å². The Hall–Kier alpha value is -1.43. The van der Waals surface area contributed by atoms with Gasteiger partial charge in [0, 0.05) is 19.4 Å². The van der Waals surface area contributed by atoms with Crippen molar-refractivity contribution in [1.82, 2.24) is 5.32 Å². The van der Waals surface area contributed by atoms with Crippen molar-refractivity contribution < 1.29 is 19.1 Å². The molecule has 0 aliphatic rings. The third kappa shape index (κ3) is 23.2. The summed E-state index contributed by atoms with van der Waals surface area (Å²) in [6.45, 7) is 2.39. The van der Waals surface area contributed by atoms with Gasteiger partial charge < -0.3 is 15.8 Å². The summed E-state index contributed by atoms with van der Waals surface area (Å²) in [7, 11) is 0. The van der Waals surface area contributed by atoms with Gasteiger partial charge in [0.05, 0.1) is 6.54 Å². The molecule has 0 bridgehead atoms. The predicted molar refractivity (Wildman–Crippen MR) is 131 cm³/mol. The summed E-state index contributed by atoms with van der Waals surface area (Å²) in [6.07, 6.45) is 23.7. The molecule has 0 spiro atoms. The Morgan fingerprint density at radius 2 is 1.03 bits per heavy atom. The van der Waals surface area contributed by atoms with Gasteiger partial charge in [0.15, 0.2) is 0 Å². The van der Waals surface area contributed by atoms with E-state index in [0.717, 1.165) is 12.8 Å². The Balaban J connectivity index is 3.24. The van der Waals surface area contributed by atoms with Crippen molar-refractivity contribution in [2.75, 3.05) is 13.1 Å². The van der Waals surface area contributed by atoms with E-state index in [0.29, 0.717) is 19.4 Å². The third-order valence-electron chi connectivity index (χ3n) is 5.78. The zero-order valence-electron chi connectivity index (χ0n) is 20.8. The van der Waals surface area contributed by atoms with Crippen LogP contribution in [0.4, 0.5) is 0 Å². The van der Waals surface area contributed by atoms with Crippen LogP contribution in [0.1, 0.15) is 135 Å². The fourth-order valence-electron chi connectivity index (χ4n) is 3.78. The molecule has 32 heavy (non-hydrogen) atoms. The second kappa shape index (κ2) is 24.2. The van der Waals surface area contributed by atoms with Crippen molar-refractivity contribution in [2.45, 2.75) is 135 Å². The Labute approximate surface area is 196 Å². The Morgan fingerprint density at radius 3 is 1.47 bits per heavy atom. The number of nitrogens with one attached hydrogen (secondary N) is 1. The van der Waals surface area contributed by atoms with Gasteiger partial charge in [-0.25, -0.2) is 0 Å². The largest absolute Gasteiger partial charge is 0.392 e. The van der Waals surface area contributed by atoms with Gasteiger partial charge in [0.25, 0.3) is 0 Å². The molecule has 188 valence electrons. The highest BCUT2D eigenvalue weighted by atomic mass is 16.6. The van der Waals surface area contributed by atoms with E-state index in [1.54, 1.807) is 0 Å². The molecular weight excluding hydrogens is 404 g/mol. The second-order valence-electron chi connectivity index (χ2n) is 8.91. The van der Waals surface area contributed by atoms with Gasteiger partial charge in [-0.1, -0.05) is 110 Å². The molecule has 0 saturated heterocycles. The number of rotatable bonds is 23. The fourth-order valence-corrected chi connectivity index (χ4v) is 3.78. The van der Waals surface area contributed by atoms with Gasteiger partial charge in [-0.3, -0.25) is 14.4 Å². The van der Waals surface area contributed by atoms with E-state index >= 15 is 0 Å². The lowest BCUT2D eigenvalue weighted by molar-refractivity contribution is -0.158. The molecule has 0 atom stereocenters. The summed E-state index contributed by atoms with van der Waals surface area (Å²) < 4.78 is 4.46. The highest BCUT2D eigenvalue weighted by molar-refractivity contribution is 5.86. The average molecular weight is 455 g/mol. The minimum atomic E-state index is -0.724. The molecule has 0 aliphatic carbocycles. The summed E-state index contributed by atoms with van der Waals surface area (Å²) >= 11 is 0. The van der Waals surface area contributed by atoms with E-state index < -0.39 is 11.9 Å². The van der Waals surface area contributed by atoms with Crippen LogP contribution in [0.5, 0.6) is 0 Å². The quantitative estimate of drug-likeness (QED) is 0.113. The average Bonchev–Trinajstić information content (AvgIpc) is 2.78. The van der Waals surface area contributed by atoms with Crippen LogP contribution in [0.15, 0.2) is 0 Å². The topological polar surface area (TPSA) is 98.5 Å². The molecule has 0 unspecified atom stereocenters. The summed E-state index contributed by atoms with van der Waals surface area (Å²) in [5, 5.41) is 2.80. The van der Waals surface area contributed by atoms with Gasteiger partial charge >= 0.3 is 11.9 Å². The first-order valence-corrected chi connectivity index (χ1v) is 13.3. The van der Waals surface area contributed by atoms with Crippen LogP contribution in [0.25, 0.3) is 0 Å². The lowest BCUT2D eigenvalue weighted by Crippen LogP contribution is -2.25. The monoisotopic (exact) mass is 454 g/mol. The Bertz CT molecular complexity index is 469. The lowest BCUT2D eigenvalue weighted by atomic mass is 10.0. The Morgan fingerprint density at radius 1 is 0.594 bits per heavy atom. The Kier molecular flexibility index (Phi) is 23.1. The van der Waals surface area contributed by atoms with Crippen LogP contribution < -0.4 is 11.1 Å². The zero-order chi connectivity index (χ0) is 23.7. The number of esters is 2. The summed E-state index contributed by atoms with van der Waals surface area (Å²) in [5.41, 5.74) is 5.07. The zero-order valence-corrected chi connectivity index (χ0v) is 20.8. The van der Waals surface area contributed by atoms with Crippen molar-refractivity contribution >= 4 is 17.8 Å². The molecule has 0 radical (unpaired) electrons. The van der Waals surface area contributed by atoms with Crippen LogP contribution in [0.2, 0.25) is 0 Å². The number of hydrogen-bond donors (Lipinski definition) is 2. The SMILES string of the molecule is CCCCCCCCCCCCCCCCCCCC(=O)NCCCC(=O)OC(=O)CN. The molecule has 1 amide bonds. The molecule has 6 heteroatoms. The molecule has 0 rings (SSSR count). The smallest absolute Gasteiger partial charge is 0.327 e. The van der Waals surface area contributed by atoms with E-state index in [9.17, 15) is 14.4 Å². The van der Waals surface area contributed by atoms with Crippen LogP contribution in [0, 0.1) is 0 Å². The summed E-state index contributed by atoms with van der Waals surface area (Å²) in [5.74, 6) is -1.29. The van der Waals surface area contributed by atoms with Crippen molar-refractivity contribution in [3.05, 3.63) is 0 Å². The van der Waals surface area contributed by atoms with Gasteiger partial charge in [-0.05, 0) is 12.8 Å². The first kappa shape index (κ1) is 30.6. The summed E-state index contributed by atoms with van der Waals surface area (Å²) in [6, 6.07) is 0. The second-order valence-corrected chi connectivity index (χ2v) is 8.91. The molecule has 0 aromatic heterocycles. The van der Waals surface area contributed by atoms with E-state index in [4.69, 9.17) is 5.73 Å². The van der Waals surface area contributed by atoms with Crippen molar-refractivity contribution in [2.24, 2.45) is 5.73 Å². The van der Waals surface area contributed by atoms with E-state index in [-0.39, 0.29) is 18.9 Å². The molecule has 0 saturated carbocycles. The number of carbonyl (C=O) groups is 3. The number of hydrogen-bond acceptors (Lipinski definition) is 5. The van der Waals surface area contributed by atoms with E-state index in [2.05, 4.69) is 17.0 Å². The van der Waals surface area contributed by atoms with Crippen molar-refractivity contribution in [1.29, 1.82) is 0 Å². The van der Waals surface area contributed by atoms with Crippen LogP contribution in [-0.2, 0) is 19.1 Å². The molecule has 0 heterocycles. The minimum Gasteiger partial charge on any atom is -0.392 e. The highest BCUT2D eigenvalue weighted by Crippen LogP contribution is 2.14. The molecular formula is C26H50N2O4. The number of nitrogens with two attached hydrogens (primary N) is 1. The van der Waals surface area contributed by atoms with E-state index in [1.165, 1.54) is 96.3 Å². The first-order valence-electron chi connectivity index (χ1n) is 13.3. The van der Waals surface area contributed by atoms with Gasteiger partial charge in [-0.15, -0.1) is 0 Å². The highest BCUT2D eigenvalue weighted by Gasteiger charge is 2.08. The molecule has 0 aliphatic heterocycles. The van der Waals surface area contributed by atoms with Gasteiger partial charge in [0.1, 0.15) is 0 Å². The predicted octanol–water partition coefficient (Wildman–Crippen LogP) is 5.95. The maximum absolute atomic E-state index is 11.8. The number of unbranched alkanes of at least 4 members (excludes halogenated alkanes) is 16. The van der Waals surface area contributed by atoms with Gasteiger partial charge in [-0.2, -0.15) is 0 Å². The van der Waals surface area contributed by atoms with Crippen molar-refractivity contribution in [3.8, 4) is 0 Å². The minimum absolute atomic E-state index is 0.0253. The van der Waals surface area contributed by atoms with Crippen molar-refractivity contribution in [3.63, 3.8) is 0 Å². The summed E-state index contributed by atoms with van der Waals surface area (Å²) in [4.78, 5) is 33.9. The number of carbonyl (C=O) groups excluding carboxylic acids is 3. The van der Waals surface area contributed by atoms with Gasteiger partial charge in [0.2, 0.25) is 5.91 Å². The lowest BCUT2D eigenvalue weighted by Gasteiger charge is -2.05. The third-order valence-corrected chi connectivity index (χ3v) is 5.78.